The van der Waals surface area contributed by atoms with E-state index in [1.807, 2.05) is 59.7 Å². The molecule has 6 nitrogen and oxygen atoms in total. The highest BCUT2D eigenvalue weighted by molar-refractivity contribution is 6.33. The molecule has 0 spiro atoms. The van der Waals surface area contributed by atoms with E-state index in [0.717, 1.165) is 49.6 Å². The third kappa shape index (κ3) is 5.52. The van der Waals surface area contributed by atoms with Gasteiger partial charge >= 0.3 is 0 Å². The Morgan fingerprint density at radius 1 is 1.13 bits per heavy atom. The maximum Gasteiger partial charge on any atom is 0.228 e. The van der Waals surface area contributed by atoms with Crippen LogP contribution in [0.15, 0.2) is 60.6 Å². The molecule has 2 heterocycles. The minimum Gasteiger partial charge on any atom is -0.508 e. The SMILES string of the molecule is CN1C=C(OCC2CCN(Cc3cccc(O)c3)CC2)N(c2ccccc2Cl)N1.Cl. The molecule has 2 aromatic carbocycles. The zero-order valence-corrected chi connectivity index (χ0v) is 18.6. The van der Waals surface area contributed by atoms with Crippen LogP contribution in [-0.2, 0) is 11.3 Å². The van der Waals surface area contributed by atoms with E-state index in [4.69, 9.17) is 16.3 Å². The number of nitrogens with zero attached hydrogens (tertiary/aromatic N) is 3. The van der Waals surface area contributed by atoms with Gasteiger partial charge in [-0.3, -0.25) is 9.91 Å². The van der Waals surface area contributed by atoms with E-state index >= 15 is 0 Å². The Kier molecular flexibility index (Phi) is 7.72. The van der Waals surface area contributed by atoms with Gasteiger partial charge in [-0.25, -0.2) is 5.01 Å². The predicted molar refractivity (Wildman–Crippen MR) is 122 cm³/mol. The number of likely N-dealkylation sites (tertiary alicyclic amines) is 1. The van der Waals surface area contributed by atoms with Crippen LogP contribution in [0.25, 0.3) is 0 Å². The van der Waals surface area contributed by atoms with Gasteiger partial charge in [-0.05, 0) is 61.7 Å². The van der Waals surface area contributed by atoms with Crippen molar-refractivity contribution >= 4 is 29.7 Å². The van der Waals surface area contributed by atoms with E-state index in [2.05, 4.69) is 16.5 Å². The minimum absolute atomic E-state index is 0. The van der Waals surface area contributed by atoms with Crippen LogP contribution in [0.4, 0.5) is 5.69 Å². The first-order valence-corrected chi connectivity index (χ1v) is 10.3. The molecule has 8 heteroatoms. The Bertz CT molecular complexity index is 872. The Labute approximate surface area is 189 Å². The third-order valence-corrected chi connectivity index (χ3v) is 5.69. The lowest BCUT2D eigenvalue weighted by Gasteiger charge is -2.32. The fourth-order valence-electron chi connectivity index (χ4n) is 3.79. The number of nitrogens with one attached hydrogen (secondary N) is 1. The molecule has 2 aromatic rings. The highest BCUT2D eigenvalue weighted by Gasteiger charge is 2.26. The van der Waals surface area contributed by atoms with Gasteiger partial charge in [-0.2, -0.15) is 0 Å². The highest BCUT2D eigenvalue weighted by Crippen LogP contribution is 2.30. The lowest BCUT2D eigenvalue weighted by atomic mass is 9.97. The second-order valence-electron chi connectivity index (χ2n) is 7.67. The van der Waals surface area contributed by atoms with Crippen molar-refractivity contribution in [1.82, 2.24) is 15.4 Å². The Hall–Kier alpha value is -2.12. The third-order valence-electron chi connectivity index (χ3n) is 5.37. The van der Waals surface area contributed by atoms with E-state index in [-0.39, 0.29) is 12.4 Å². The van der Waals surface area contributed by atoms with Crippen molar-refractivity contribution in [2.75, 3.05) is 31.8 Å². The van der Waals surface area contributed by atoms with E-state index in [0.29, 0.717) is 23.3 Å². The number of phenols is 1. The van der Waals surface area contributed by atoms with Gasteiger partial charge in [-0.15, -0.1) is 17.9 Å². The number of anilines is 1. The number of hydrogen-bond donors (Lipinski definition) is 2. The van der Waals surface area contributed by atoms with Crippen molar-refractivity contribution in [2.45, 2.75) is 19.4 Å². The van der Waals surface area contributed by atoms with Gasteiger partial charge in [0.25, 0.3) is 0 Å². The summed E-state index contributed by atoms with van der Waals surface area (Å²) >= 11 is 6.35. The molecule has 0 aromatic heterocycles. The molecule has 0 radical (unpaired) electrons. The van der Waals surface area contributed by atoms with E-state index in [1.54, 1.807) is 6.07 Å². The molecule has 0 unspecified atom stereocenters. The molecule has 0 atom stereocenters. The van der Waals surface area contributed by atoms with Crippen molar-refractivity contribution in [3.05, 3.63) is 71.2 Å². The molecule has 1 saturated heterocycles. The summed E-state index contributed by atoms with van der Waals surface area (Å²) in [6, 6.07) is 15.2. The zero-order chi connectivity index (χ0) is 20.2. The standard InChI is InChI=1S/C22H27ClN4O2.ClH/c1-25-15-22(27(24-25)21-8-3-2-7-20(21)23)29-16-17-9-11-26(12-10-17)14-18-5-4-6-19(28)13-18;/h2-8,13,15,17,24,28H,9-12,14,16H2,1H3;1H. The molecule has 4 rings (SSSR count). The second kappa shape index (κ2) is 10.3. The molecule has 0 amide bonds. The molecule has 2 aliphatic heterocycles. The predicted octanol–water partition coefficient (Wildman–Crippen LogP) is 4.37. The van der Waals surface area contributed by atoms with Gasteiger partial charge < -0.3 is 9.84 Å². The average Bonchev–Trinajstić information content (AvgIpc) is 3.08. The number of para-hydroxylation sites is 1. The molecule has 0 saturated carbocycles. The number of ether oxygens (including phenoxy) is 1. The first kappa shape index (κ1) is 22.6. The maximum atomic E-state index is 9.64. The van der Waals surface area contributed by atoms with E-state index in [1.165, 1.54) is 0 Å². The monoisotopic (exact) mass is 450 g/mol. The largest absolute Gasteiger partial charge is 0.508 e. The number of hydrogen-bond acceptors (Lipinski definition) is 6. The number of rotatable bonds is 6. The van der Waals surface area contributed by atoms with Gasteiger partial charge in [-0.1, -0.05) is 35.9 Å². The number of halogens is 2. The summed E-state index contributed by atoms with van der Waals surface area (Å²) in [5, 5.41) is 14.0. The molecule has 2 N–H and O–H groups in total. The van der Waals surface area contributed by atoms with E-state index in [9.17, 15) is 5.11 Å². The molecular weight excluding hydrogens is 423 g/mol. The lowest BCUT2D eigenvalue weighted by Crippen LogP contribution is -2.39. The van der Waals surface area contributed by atoms with Gasteiger partial charge in [0.1, 0.15) is 5.75 Å². The summed E-state index contributed by atoms with van der Waals surface area (Å²) in [5.74, 6) is 1.61. The summed E-state index contributed by atoms with van der Waals surface area (Å²) in [7, 11) is 1.93. The number of hydrazine groups is 2. The quantitative estimate of drug-likeness (QED) is 0.681. The van der Waals surface area contributed by atoms with Gasteiger partial charge in [0, 0.05) is 13.6 Å². The number of piperidine rings is 1. The molecule has 162 valence electrons. The maximum absolute atomic E-state index is 9.64. The fourth-order valence-corrected chi connectivity index (χ4v) is 4.01. The fraction of sp³-hybridized carbons (Fsp3) is 0.364. The zero-order valence-electron chi connectivity index (χ0n) is 17.0. The Morgan fingerprint density at radius 2 is 1.90 bits per heavy atom. The molecular formula is C22H28Cl2N4O2. The Morgan fingerprint density at radius 3 is 2.63 bits per heavy atom. The van der Waals surface area contributed by atoms with Crippen LogP contribution in [0, 0.1) is 5.92 Å². The smallest absolute Gasteiger partial charge is 0.228 e. The van der Waals surface area contributed by atoms with Gasteiger partial charge in [0.2, 0.25) is 5.88 Å². The van der Waals surface area contributed by atoms with E-state index < -0.39 is 0 Å². The van der Waals surface area contributed by atoms with Crippen LogP contribution in [0.2, 0.25) is 5.02 Å². The van der Waals surface area contributed by atoms with Crippen LogP contribution in [-0.4, -0.2) is 41.8 Å². The molecule has 2 aliphatic rings. The van der Waals surface area contributed by atoms with Crippen molar-refractivity contribution in [3.63, 3.8) is 0 Å². The summed E-state index contributed by atoms with van der Waals surface area (Å²) in [6.45, 7) is 3.63. The van der Waals surface area contributed by atoms with Crippen LogP contribution in [0.5, 0.6) is 5.75 Å². The molecule has 30 heavy (non-hydrogen) atoms. The average molecular weight is 451 g/mol. The van der Waals surface area contributed by atoms with Crippen LogP contribution < -0.4 is 10.5 Å². The summed E-state index contributed by atoms with van der Waals surface area (Å²) in [6.07, 6.45) is 4.13. The molecule has 0 aliphatic carbocycles. The number of phenolic OH excluding ortho intramolecular Hbond substituents is 1. The first-order chi connectivity index (χ1) is 14.1. The second-order valence-corrected chi connectivity index (χ2v) is 8.07. The molecule has 1 fully saturated rings. The van der Waals surface area contributed by atoms with Crippen molar-refractivity contribution in [1.29, 1.82) is 0 Å². The van der Waals surface area contributed by atoms with Crippen molar-refractivity contribution in [3.8, 4) is 5.75 Å². The van der Waals surface area contributed by atoms with Crippen LogP contribution in [0.1, 0.15) is 18.4 Å². The number of benzene rings is 2. The highest BCUT2D eigenvalue weighted by atomic mass is 35.5. The topological polar surface area (TPSA) is 51.2 Å². The summed E-state index contributed by atoms with van der Waals surface area (Å²) in [4.78, 5) is 2.44. The van der Waals surface area contributed by atoms with Gasteiger partial charge in [0.15, 0.2) is 0 Å². The Balaban J connectivity index is 0.00000256. The van der Waals surface area contributed by atoms with Crippen LogP contribution >= 0.6 is 24.0 Å². The number of aromatic hydroxyl groups is 1. The minimum atomic E-state index is 0. The van der Waals surface area contributed by atoms with Crippen molar-refractivity contribution < 1.29 is 9.84 Å². The normalized spacial score (nSPS) is 17.6. The summed E-state index contributed by atoms with van der Waals surface area (Å²) in [5.41, 5.74) is 5.24. The first-order valence-electron chi connectivity index (χ1n) is 9.97. The van der Waals surface area contributed by atoms with Gasteiger partial charge in [0.05, 0.1) is 23.5 Å². The summed E-state index contributed by atoms with van der Waals surface area (Å²) < 4.78 is 6.18. The van der Waals surface area contributed by atoms with Crippen molar-refractivity contribution in [2.24, 2.45) is 5.92 Å². The lowest BCUT2D eigenvalue weighted by molar-refractivity contribution is 0.101. The van der Waals surface area contributed by atoms with Crippen LogP contribution in [0.3, 0.4) is 0 Å². The molecule has 0 bridgehead atoms.